The Morgan fingerprint density at radius 3 is 2.76 bits per heavy atom. The third-order valence-electron chi connectivity index (χ3n) is 2.68. The average molecular weight is 237 g/mol. The molecule has 0 saturated heterocycles. The minimum atomic E-state index is -0.422. The Morgan fingerprint density at radius 2 is 2.12 bits per heavy atom. The zero-order valence-electron chi connectivity index (χ0n) is 10.7. The molecule has 1 aromatic carbocycles. The molecule has 0 radical (unpaired) electrons. The summed E-state index contributed by atoms with van der Waals surface area (Å²) in [5.74, 6) is -0.119. The summed E-state index contributed by atoms with van der Waals surface area (Å²) in [5.41, 5.74) is 0.634. The van der Waals surface area contributed by atoms with Gasteiger partial charge in [-0.25, -0.2) is 4.39 Å². The van der Waals surface area contributed by atoms with Crippen LogP contribution in [0.1, 0.15) is 42.6 Å². The molecule has 1 aromatic rings. The van der Waals surface area contributed by atoms with Crippen LogP contribution in [0.15, 0.2) is 18.2 Å². The Balaban J connectivity index is 2.50. The van der Waals surface area contributed by atoms with Crippen LogP contribution in [0.25, 0.3) is 0 Å². The minimum Gasteiger partial charge on any atom is -0.352 e. The first-order valence-corrected chi connectivity index (χ1v) is 6.05. The summed E-state index contributed by atoms with van der Waals surface area (Å²) >= 11 is 0. The molecule has 0 spiro atoms. The first kappa shape index (κ1) is 13.7. The smallest absolute Gasteiger partial charge is 0.254 e. The Labute approximate surface area is 102 Å². The highest BCUT2D eigenvalue weighted by Crippen LogP contribution is 2.11. The lowest BCUT2D eigenvalue weighted by atomic mass is 10.1. The third kappa shape index (κ3) is 4.17. The molecule has 0 aliphatic heterocycles. The lowest BCUT2D eigenvalue weighted by Gasteiger charge is -2.08. The van der Waals surface area contributed by atoms with Gasteiger partial charge in [0, 0.05) is 6.54 Å². The Kier molecular flexibility index (Phi) is 5.13. The van der Waals surface area contributed by atoms with Gasteiger partial charge >= 0.3 is 0 Å². The fourth-order valence-corrected chi connectivity index (χ4v) is 1.63. The number of aryl methyl sites for hydroxylation is 1. The predicted octanol–water partition coefficient (Wildman–Crippen LogP) is 3.30. The first-order chi connectivity index (χ1) is 8.02. The fraction of sp³-hybridized carbons (Fsp3) is 0.500. The van der Waals surface area contributed by atoms with Crippen molar-refractivity contribution in [1.29, 1.82) is 0 Å². The second-order valence-corrected chi connectivity index (χ2v) is 4.73. The molecule has 0 aliphatic carbocycles. The van der Waals surface area contributed by atoms with Crippen LogP contribution in [0.5, 0.6) is 0 Å². The molecular formula is C14H20FNO. The quantitative estimate of drug-likeness (QED) is 0.782. The summed E-state index contributed by atoms with van der Waals surface area (Å²) in [7, 11) is 0. The normalized spacial score (nSPS) is 10.6. The van der Waals surface area contributed by atoms with Gasteiger partial charge in [0.15, 0.2) is 0 Å². The Bertz CT molecular complexity index is 388. The van der Waals surface area contributed by atoms with E-state index in [1.54, 1.807) is 19.1 Å². The van der Waals surface area contributed by atoms with E-state index in [-0.39, 0.29) is 11.5 Å². The van der Waals surface area contributed by atoms with E-state index in [9.17, 15) is 9.18 Å². The second-order valence-electron chi connectivity index (χ2n) is 4.73. The molecule has 0 aromatic heterocycles. The molecule has 2 nitrogen and oxygen atoms in total. The number of rotatable bonds is 5. The summed E-state index contributed by atoms with van der Waals surface area (Å²) in [6, 6.07) is 4.87. The van der Waals surface area contributed by atoms with E-state index in [1.807, 2.05) is 0 Å². The van der Waals surface area contributed by atoms with Crippen LogP contribution in [0, 0.1) is 18.7 Å². The van der Waals surface area contributed by atoms with Crippen LogP contribution >= 0.6 is 0 Å². The number of hydrogen-bond acceptors (Lipinski definition) is 1. The van der Waals surface area contributed by atoms with Gasteiger partial charge in [-0.2, -0.15) is 0 Å². The molecule has 0 fully saturated rings. The van der Waals surface area contributed by atoms with Gasteiger partial charge in [-0.15, -0.1) is 0 Å². The molecular weight excluding hydrogens is 217 g/mol. The van der Waals surface area contributed by atoms with Crippen molar-refractivity contribution in [1.82, 2.24) is 5.32 Å². The third-order valence-corrected chi connectivity index (χ3v) is 2.68. The van der Waals surface area contributed by atoms with Crippen molar-refractivity contribution in [2.75, 3.05) is 6.54 Å². The number of halogens is 1. The van der Waals surface area contributed by atoms with Crippen LogP contribution in [0.4, 0.5) is 4.39 Å². The summed E-state index contributed by atoms with van der Waals surface area (Å²) < 4.78 is 13.6. The topological polar surface area (TPSA) is 29.1 Å². The summed E-state index contributed by atoms with van der Waals surface area (Å²) in [6.45, 7) is 6.54. The summed E-state index contributed by atoms with van der Waals surface area (Å²) in [4.78, 5) is 11.7. The molecule has 1 rings (SSSR count). The standard InChI is InChI=1S/C14H20FNO/c1-10(2)6-5-9-16-14(17)12-8-4-7-11(3)13(12)15/h4,7-8,10H,5-6,9H2,1-3H3,(H,16,17). The van der Waals surface area contributed by atoms with Crippen LogP contribution < -0.4 is 5.32 Å². The van der Waals surface area contributed by atoms with E-state index in [0.717, 1.165) is 12.8 Å². The van der Waals surface area contributed by atoms with Crippen molar-refractivity contribution < 1.29 is 9.18 Å². The van der Waals surface area contributed by atoms with Gasteiger partial charge < -0.3 is 5.32 Å². The molecule has 17 heavy (non-hydrogen) atoms. The van der Waals surface area contributed by atoms with E-state index in [1.165, 1.54) is 6.07 Å². The van der Waals surface area contributed by atoms with Gasteiger partial charge in [0.05, 0.1) is 5.56 Å². The molecule has 1 amide bonds. The van der Waals surface area contributed by atoms with Gasteiger partial charge in [-0.1, -0.05) is 26.0 Å². The maximum absolute atomic E-state index is 13.6. The largest absolute Gasteiger partial charge is 0.352 e. The van der Waals surface area contributed by atoms with Crippen LogP contribution in [-0.4, -0.2) is 12.5 Å². The van der Waals surface area contributed by atoms with Crippen molar-refractivity contribution >= 4 is 5.91 Å². The highest BCUT2D eigenvalue weighted by atomic mass is 19.1. The summed E-state index contributed by atoms with van der Waals surface area (Å²) in [5, 5.41) is 2.74. The van der Waals surface area contributed by atoms with Crippen molar-refractivity contribution in [2.24, 2.45) is 5.92 Å². The second kappa shape index (κ2) is 6.38. The summed E-state index contributed by atoms with van der Waals surface area (Å²) in [6.07, 6.45) is 1.99. The molecule has 3 heteroatoms. The molecule has 0 unspecified atom stereocenters. The van der Waals surface area contributed by atoms with Crippen molar-refractivity contribution in [2.45, 2.75) is 33.6 Å². The average Bonchev–Trinajstić information content (AvgIpc) is 2.27. The van der Waals surface area contributed by atoms with Gasteiger partial charge in [0.25, 0.3) is 5.91 Å². The van der Waals surface area contributed by atoms with Gasteiger partial charge in [-0.05, 0) is 37.3 Å². The highest BCUT2D eigenvalue weighted by Gasteiger charge is 2.12. The zero-order chi connectivity index (χ0) is 12.8. The number of nitrogens with one attached hydrogen (secondary N) is 1. The van der Waals surface area contributed by atoms with E-state index < -0.39 is 5.82 Å². The number of benzene rings is 1. The predicted molar refractivity (Wildman–Crippen MR) is 67.5 cm³/mol. The lowest BCUT2D eigenvalue weighted by molar-refractivity contribution is 0.0948. The number of carbonyl (C=O) groups excluding carboxylic acids is 1. The monoisotopic (exact) mass is 237 g/mol. The van der Waals surface area contributed by atoms with Gasteiger partial charge in [0.2, 0.25) is 0 Å². The maximum Gasteiger partial charge on any atom is 0.254 e. The Morgan fingerprint density at radius 1 is 1.41 bits per heavy atom. The van der Waals surface area contributed by atoms with Crippen molar-refractivity contribution in [3.8, 4) is 0 Å². The van der Waals surface area contributed by atoms with E-state index in [4.69, 9.17) is 0 Å². The van der Waals surface area contributed by atoms with Gasteiger partial charge in [0.1, 0.15) is 5.82 Å². The molecule has 0 heterocycles. The molecule has 0 aliphatic rings. The number of hydrogen-bond donors (Lipinski definition) is 1. The molecule has 0 bridgehead atoms. The number of amides is 1. The maximum atomic E-state index is 13.6. The molecule has 0 saturated carbocycles. The SMILES string of the molecule is Cc1cccc(C(=O)NCCCC(C)C)c1F. The van der Waals surface area contributed by atoms with Crippen molar-refractivity contribution in [3.63, 3.8) is 0 Å². The van der Waals surface area contributed by atoms with E-state index in [0.29, 0.717) is 18.0 Å². The van der Waals surface area contributed by atoms with E-state index in [2.05, 4.69) is 19.2 Å². The Hall–Kier alpha value is -1.38. The van der Waals surface area contributed by atoms with Crippen LogP contribution in [-0.2, 0) is 0 Å². The van der Waals surface area contributed by atoms with Crippen LogP contribution in [0.3, 0.4) is 0 Å². The highest BCUT2D eigenvalue weighted by molar-refractivity contribution is 5.94. The van der Waals surface area contributed by atoms with Crippen molar-refractivity contribution in [3.05, 3.63) is 35.1 Å². The zero-order valence-corrected chi connectivity index (χ0v) is 10.7. The molecule has 94 valence electrons. The lowest BCUT2D eigenvalue weighted by Crippen LogP contribution is -2.25. The van der Waals surface area contributed by atoms with Gasteiger partial charge in [-0.3, -0.25) is 4.79 Å². The first-order valence-electron chi connectivity index (χ1n) is 6.05. The minimum absolute atomic E-state index is 0.134. The fourth-order valence-electron chi connectivity index (χ4n) is 1.63. The molecule has 1 N–H and O–H groups in total. The van der Waals surface area contributed by atoms with Crippen LogP contribution in [0.2, 0.25) is 0 Å². The molecule has 0 atom stereocenters. The van der Waals surface area contributed by atoms with E-state index >= 15 is 0 Å². The number of carbonyl (C=O) groups is 1.